The van der Waals surface area contributed by atoms with Crippen LogP contribution in [-0.2, 0) is 24.3 Å². The molecule has 145 valence electrons. The van der Waals surface area contributed by atoms with Gasteiger partial charge < -0.3 is 10.3 Å². The number of primary amides is 1. The molecule has 0 bridgehead atoms. The molecule has 1 atom stereocenters. The van der Waals surface area contributed by atoms with Gasteiger partial charge in [-0.15, -0.1) is 0 Å². The van der Waals surface area contributed by atoms with Gasteiger partial charge in [-0.05, 0) is 54.3 Å². The maximum atomic E-state index is 12.3. The van der Waals surface area contributed by atoms with Crippen LogP contribution in [0.2, 0.25) is 0 Å². The molecule has 1 amide bonds. The summed E-state index contributed by atoms with van der Waals surface area (Å²) in [6, 6.07) is 23.8. The van der Waals surface area contributed by atoms with Crippen molar-refractivity contribution in [1.29, 1.82) is 0 Å². The topological polar surface area (TPSA) is 51.3 Å². The number of hydrogen-bond acceptors (Lipinski definition) is 2. The molecule has 4 aromatic rings. The number of aromatic nitrogens is 1. The minimum Gasteiger partial charge on any atom is -0.368 e. The lowest BCUT2D eigenvalue weighted by Crippen LogP contribution is -2.42. The summed E-state index contributed by atoms with van der Waals surface area (Å²) in [6.45, 7) is 4.63. The third-order valence-corrected chi connectivity index (χ3v) is 6.12. The van der Waals surface area contributed by atoms with Gasteiger partial charge in [0.15, 0.2) is 0 Å². The predicted octanol–water partition coefficient (Wildman–Crippen LogP) is 4.20. The first-order valence-electron chi connectivity index (χ1n) is 10.2. The zero-order chi connectivity index (χ0) is 20.0. The predicted molar refractivity (Wildman–Crippen MR) is 116 cm³/mol. The smallest absolute Gasteiger partial charge is 0.239 e. The number of amides is 1. The second kappa shape index (κ2) is 7.05. The second-order valence-electron chi connectivity index (χ2n) is 7.76. The van der Waals surface area contributed by atoms with Crippen molar-refractivity contribution in [1.82, 2.24) is 9.47 Å². The van der Waals surface area contributed by atoms with E-state index < -0.39 is 0 Å². The van der Waals surface area contributed by atoms with E-state index in [1.807, 2.05) is 18.2 Å². The van der Waals surface area contributed by atoms with Crippen molar-refractivity contribution in [3.05, 3.63) is 83.4 Å². The zero-order valence-corrected chi connectivity index (χ0v) is 16.6. The monoisotopic (exact) mass is 382 g/mol. The summed E-state index contributed by atoms with van der Waals surface area (Å²) in [4.78, 5) is 14.5. The Balaban J connectivity index is 1.55. The van der Waals surface area contributed by atoms with Gasteiger partial charge in [0.25, 0.3) is 0 Å². The average molecular weight is 382 g/mol. The number of nitrogens with two attached hydrogens (primary N) is 1. The molecule has 0 spiro atoms. The highest BCUT2D eigenvalue weighted by Crippen LogP contribution is 2.33. The maximum Gasteiger partial charge on any atom is 0.239 e. The van der Waals surface area contributed by atoms with Crippen molar-refractivity contribution in [2.45, 2.75) is 32.5 Å². The Morgan fingerprint density at radius 3 is 2.79 bits per heavy atom. The summed E-state index contributed by atoms with van der Waals surface area (Å²) in [5, 5.41) is 2.54. The molecular formula is C25H24N3O. The van der Waals surface area contributed by atoms with Gasteiger partial charge in [0, 0.05) is 41.4 Å². The summed E-state index contributed by atoms with van der Waals surface area (Å²) >= 11 is 0. The van der Waals surface area contributed by atoms with Crippen LogP contribution in [0.15, 0.2) is 60.7 Å². The molecule has 2 heterocycles. The van der Waals surface area contributed by atoms with Crippen LogP contribution in [-0.4, -0.2) is 21.9 Å². The fourth-order valence-corrected chi connectivity index (χ4v) is 4.83. The molecule has 5 rings (SSSR count). The van der Waals surface area contributed by atoms with Crippen molar-refractivity contribution in [2.75, 3.05) is 6.54 Å². The van der Waals surface area contributed by atoms with Crippen LogP contribution in [0.25, 0.3) is 21.8 Å². The Kier molecular flexibility index (Phi) is 4.36. The quantitative estimate of drug-likeness (QED) is 0.575. The van der Waals surface area contributed by atoms with Crippen molar-refractivity contribution in [3.63, 3.8) is 0 Å². The molecule has 1 aromatic heterocycles. The molecule has 1 radical (unpaired) electrons. The van der Waals surface area contributed by atoms with E-state index in [-0.39, 0.29) is 11.9 Å². The molecule has 3 aromatic carbocycles. The first-order valence-corrected chi connectivity index (χ1v) is 10.2. The molecule has 4 heteroatoms. The van der Waals surface area contributed by atoms with E-state index >= 15 is 0 Å². The Morgan fingerprint density at radius 2 is 1.97 bits per heavy atom. The van der Waals surface area contributed by atoms with E-state index in [2.05, 4.69) is 64.9 Å². The number of benzene rings is 3. The van der Waals surface area contributed by atoms with E-state index in [1.165, 1.54) is 32.9 Å². The summed E-state index contributed by atoms with van der Waals surface area (Å²) in [5.41, 5.74) is 11.7. The summed E-state index contributed by atoms with van der Waals surface area (Å²) in [7, 11) is 0. The molecule has 1 unspecified atom stereocenters. The summed E-state index contributed by atoms with van der Waals surface area (Å²) in [6.07, 6.45) is 0.911. The highest BCUT2D eigenvalue weighted by molar-refractivity contribution is 6.08. The lowest BCUT2D eigenvalue weighted by Gasteiger charge is -2.35. The van der Waals surface area contributed by atoms with Crippen LogP contribution in [0, 0.1) is 6.07 Å². The molecule has 2 N–H and O–H groups in total. The van der Waals surface area contributed by atoms with Crippen LogP contribution >= 0.6 is 0 Å². The van der Waals surface area contributed by atoms with Gasteiger partial charge in [-0.2, -0.15) is 0 Å². The van der Waals surface area contributed by atoms with Crippen LogP contribution in [0.3, 0.4) is 0 Å². The number of nitrogens with zero attached hydrogens (tertiary/aromatic N) is 2. The largest absolute Gasteiger partial charge is 0.368 e. The fraction of sp³-hybridized carbons (Fsp3) is 0.240. The van der Waals surface area contributed by atoms with Gasteiger partial charge in [-0.1, -0.05) is 42.5 Å². The Morgan fingerprint density at radius 1 is 1.14 bits per heavy atom. The number of para-hydroxylation sites is 1. The van der Waals surface area contributed by atoms with Crippen LogP contribution in [0.5, 0.6) is 0 Å². The molecule has 4 nitrogen and oxygen atoms in total. The fourth-order valence-electron chi connectivity index (χ4n) is 4.83. The third-order valence-electron chi connectivity index (χ3n) is 6.12. The molecule has 1 aliphatic heterocycles. The number of hydrogen-bond donors (Lipinski definition) is 1. The number of aryl methyl sites for hydroxylation is 1. The lowest BCUT2D eigenvalue weighted by atomic mass is 9.91. The standard InChI is InChI=1S/C25H24N3O/c1-2-28-22-10-6-5-9-20(22)21-15-17(11-12-23(21)28)16-27-14-13-18-7-3-4-8-19(18)24(27)25(26)29/h4-12,15,24H,2,13-14,16H2,1H3,(H2,26,29). The van der Waals surface area contributed by atoms with Crippen molar-refractivity contribution < 1.29 is 4.79 Å². The number of carbonyl (C=O) groups excluding carboxylic acids is 1. The van der Waals surface area contributed by atoms with Gasteiger partial charge in [0.05, 0.1) is 0 Å². The van der Waals surface area contributed by atoms with Crippen LogP contribution in [0.4, 0.5) is 0 Å². The Hall–Kier alpha value is -3.11. The number of carbonyl (C=O) groups is 1. The SMILES string of the molecule is CCn1c2ccccc2c2cc(CN3CCc4c[c]ccc4C3C(N)=O)ccc21. The number of rotatable bonds is 4. The highest BCUT2D eigenvalue weighted by atomic mass is 16.1. The minimum absolute atomic E-state index is 0.291. The highest BCUT2D eigenvalue weighted by Gasteiger charge is 2.31. The normalized spacial score (nSPS) is 16.9. The lowest BCUT2D eigenvalue weighted by molar-refractivity contribution is -0.124. The van der Waals surface area contributed by atoms with E-state index in [9.17, 15) is 4.79 Å². The van der Waals surface area contributed by atoms with Gasteiger partial charge >= 0.3 is 0 Å². The third kappa shape index (κ3) is 2.91. The molecule has 1 aliphatic rings. The van der Waals surface area contributed by atoms with E-state index in [4.69, 9.17) is 5.73 Å². The van der Waals surface area contributed by atoms with Gasteiger partial charge in [-0.25, -0.2) is 0 Å². The Bertz CT molecular complexity index is 1220. The summed E-state index contributed by atoms with van der Waals surface area (Å²) in [5.74, 6) is -0.291. The first kappa shape index (κ1) is 18.0. The van der Waals surface area contributed by atoms with E-state index in [0.29, 0.717) is 6.54 Å². The minimum atomic E-state index is -0.388. The molecule has 0 fully saturated rings. The van der Waals surface area contributed by atoms with Crippen LogP contribution in [0.1, 0.15) is 29.7 Å². The number of fused-ring (bicyclic) bond motifs is 4. The van der Waals surface area contributed by atoms with Crippen molar-refractivity contribution >= 4 is 27.7 Å². The Labute approximate surface area is 170 Å². The summed E-state index contributed by atoms with van der Waals surface area (Å²) < 4.78 is 2.36. The molecule has 0 saturated heterocycles. The first-order chi connectivity index (χ1) is 14.2. The molecular weight excluding hydrogens is 358 g/mol. The molecule has 0 saturated carbocycles. The van der Waals surface area contributed by atoms with Gasteiger partial charge in [-0.3, -0.25) is 9.69 Å². The second-order valence-corrected chi connectivity index (χ2v) is 7.76. The van der Waals surface area contributed by atoms with Crippen molar-refractivity contribution in [3.8, 4) is 0 Å². The van der Waals surface area contributed by atoms with E-state index in [0.717, 1.165) is 25.1 Å². The van der Waals surface area contributed by atoms with Gasteiger partial charge in [0.2, 0.25) is 5.91 Å². The molecule has 0 aliphatic carbocycles. The van der Waals surface area contributed by atoms with E-state index in [1.54, 1.807) is 0 Å². The van der Waals surface area contributed by atoms with Gasteiger partial charge in [0.1, 0.15) is 6.04 Å². The zero-order valence-electron chi connectivity index (χ0n) is 16.6. The van der Waals surface area contributed by atoms with Crippen molar-refractivity contribution in [2.24, 2.45) is 5.73 Å². The average Bonchev–Trinajstić information content (AvgIpc) is 3.06. The van der Waals surface area contributed by atoms with Crippen LogP contribution < -0.4 is 5.73 Å². The molecule has 29 heavy (non-hydrogen) atoms. The maximum absolute atomic E-state index is 12.3.